The molecular formula is C21H27FN5O5S+. The molecule has 3 amide bonds. The molecule has 2 heterocycles. The molecule has 1 unspecified atom stereocenters. The van der Waals surface area contributed by atoms with Gasteiger partial charge < -0.3 is 4.74 Å². The number of carbonyl (C=O) groups is 2. The van der Waals surface area contributed by atoms with Crippen LogP contribution in [0.3, 0.4) is 0 Å². The molecule has 0 bridgehead atoms. The Morgan fingerprint density at radius 2 is 2.09 bits per heavy atom. The zero-order chi connectivity index (χ0) is 23.8. The third kappa shape index (κ3) is 4.68. The van der Waals surface area contributed by atoms with Gasteiger partial charge in [-0.1, -0.05) is 0 Å². The van der Waals surface area contributed by atoms with E-state index in [4.69, 9.17) is 4.74 Å². The second-order valence-corrected chi connectivity index (χ2v) is 10.1. The molecular weight excluding hydrogens is 453 g/mol. The van der Waals surface area contributed by atoms with Gasteiger partial charge in [0.15, 0.2) is 0 Å². The highest BCUT2D eigenvalue weighted by Crippen LogP contribution is 2.37. The van der Waals surface area contributed by atoms with Gasteiger partial charge in [0.25, 0.3) is 0 Å². The summed E-state index contributed by atoms with van der Waals surface area (Å²) in [6, 6.07) is -0.508. The number of hydrogen-bond acceptors (Lipinski definition) is 6. The maximum Gasteiger partial charge on any atom is 0.501 e. The highest BCUT2D eigenvalue weighted by atomic mass is 32.2. The Hall–Kier alpha value is -2.70. The van der Waals surface area contributed by atoms with Crippen molar-refractivity contribution in [2.45, 2.75) is 31.8 Å². The maximum absolute atomic E-state index is 13.3. The van der Waals surface area contributed by atoms with Crippen LogP contribution >= 0.6 is 0 Å². The molecule has 12 heteroatoms. The number of sulfonamides is 1. The van der Waals surface area contributed by atoms with Crippen LogP contribution in [0.2, 0.25) is 0 Å². The van der Waals surface area contributed by atoms with Crippen LogP contribution in [-0.4, -0.2) is 77.3 Å². The van der Waals surface area contributed by atoms with Crippen LogP contribution in [-0.2, 0) is 33.1 Å². The third-order valence-electron chi connectivity index (χ3n) is 5.91. The quantitative estimate of drug-likeness (QED) is 0.393. The van der Waals surface area contributed by atoms with Gasteiger partial charge in [-0.15, -0.1) is 0 Å². The Kier molecular flexibility index (Phi) is 6.34. The molecule has 2 aliphatic carbocycles. The lowest BCUT2D eigenvalue weighted by molar-refractivity contribution is -0.444. The molecule has 0 spiro atoms. The number of allylic oxidation sites excluding steroid dienone is 2. The monoisotopic (exact) mass is 480 g/mol. The van der Waals surface area contributed by atoms with E-state index in [2.05, 4.69) is 9.82 Å². The van der Waals surface area contributed by atoms with Gasteiger partial charge in [0, 0.05) is 25.4 Å². The SMILES string of the molecule is CCOCC[N+]1=C2C=CC(S(=O)(=O)NC3(CF)CC3)=CC2C(=O)N(Cc2cnn(C)c2)C1=O. The highest BCUT2D eigenvalue weighted by Gasteiger charge is 2.50. The Labute approximate surface area is 191 Å². The Bertz CT molecular complexity index is 1170. The number of fused-ring (bicyclic) bond motifs is 1. The van der Waals surface area contributed by atoms with E-state index in [1.807, 2.05) is 6.92 Å². The summed E-state index contributed by atoms with van der Waals surface area (Å²) in [6.45, 7) is 1.99. The van der Waals surface area contributed by atoms with Crippen molar-refractivity contribution in [1.29, 1.82) is 0 Å². The average molecular weight is 481 g/mol. The Morgan fingerprint density at radius 1 is 1.33 bits per heavy atom. The molecule has 3 aliphatic rings. The maximum atomic E-state index is 13.3. The number of aromatic nitrogens is 2. The number of carbonyl (C=O) groups excluding carboxylic acids is 2. The molecule has 1 saturated carbocycles. The van der Waals surface area contributed by atoms with Crippen LogP contribution in [0.5, 0.6) is 0 Å². The molecule has 1 fully saturated rings. The number of alkyl halides is 1. The van der Waals surface area contributed by atoms with E-state index < -0.39 is 40.1 Å². The van der Waals surface area contributed by atoms with E-state index in [-0.39, 0.29) is 24.6 Å². The van der Waals surface area contributed by atoms with E-state index >= 15 is 0 Å². The van der Waals surface area contributed by atoms with Crippen molar-refractivity contribution in [2.75, 3.05) is 26.4 Å². The highest BCUT2D eigenvalue weighted by molar-refractivity contribution is 7.93. The number of nitrogens with one attached hydrogen (secondary N) is 1. The normalized spacial score (nSPS) is 22.0. The lowest BCUT2D eigenvalue weighted by Crippen LogP contribution is -2.54. The summed E-state index contributed by atoms with van der Waals surface area (Å²) in [5.74, 6) is -1.51. The zero-order valence-electron chi connectivity index (χ0n) is 18.5. The van der Waals surface area contributed by atoms with Crippen molar-refractivity contribution >= 4 is 27.7 Å². The van der Waals surface area contributed by atoms with Gasteiger partial charge in [-0.2, -0.15) is 19.4 Å². The van der Waals surface area contributed by atoms with Crippen molar-refractivity contribution in [3.63, 3.8) is 0 Å². The summed E-state index contributed by atoms with van der Waals surface area (Å²) >= 11 is 0. The van der Waals surface area contributed by atoms with Crippen molar-refractivity contribution in [3.8, 4) is 0 Å². The second kappa shape index (κ2) is 8.92. The fourth-order valence-electron chi connectivity index (χ4n) is 3.89. The minimum absolute atomic E-state index is 0.00325. The number of nitrogens with zero attached hydrogens (tertiary/aromatic N) is 4. The first-order valence-corrected chi connectivity index (χ1v) is 12.2. The first kappa shape index (κ1) is 23.5. The van der Waals surface area contributed by atoms with Gasteiger partial charge in [-0.3, -0.25) is 4.68 Å². The van der Waals surface area contributed by atoms with Gasteiger partial charge in [-0.25, -0.2) is 22.3 Å². The van der Waals surface area contributed by atoms with Gasteiger partial charge in [0.1, 0.15) is 31.4 Å². The van der Waals surface area contributed by atoms with Gasteiger partial charge >= 0.3 is 11.9 Å². The van der Waals surface area contributed by atoms with Gasteiger partial charge in [0.05, 0.1) is 23.2 Å². The van der Waals surface area contributed by atoms with Gasteiger partial charge in [-0.05, 0) is 38.0 Å². The number of aryl methyl sites for hydroxylation is 1. The van der Waals surface area contributed by atoms with E-state index in [1.165, 1.54) is 22.8 Å². The van der Waals surface area contributed by atoms with E-state index in [9.17, 15) is 22.4 Å². The predicted octanol–water partition coefficient (Wildman–Crippen LogP) is 0.864. The number of urea groups is 1. The summed E-state index contributed by atoms with van der Waals surface area (Å²) in [7, 11) is -2.30. The molecule has 1 aliphatic heterocycles. The standard InChI is InChI=1S/C21H27FN5O5S/c1-3-32-9-8-26-18-5-4-16(33(30,31)24-21(14-22)6-7-21)10-17(18)19(28)27(20(26)29)13-15-11-23-25(2)12-15/h4-5,10-12,17,24H,3,6-9,13-14H2,1-2H3/q+1. The number of ether oxygens (including phenoxy) is 1. The smallest absolute Gasteiger partial charge is 0.378 e. The first-order chi connectivity index (χ1) is 15.7. The average Bonchev–Trinajstić information content (AvgIpc) is 3.43. The molecule has 0 aromatic carbocycles. The minimum Gasteiger partial charge on any atom is -0.378 e. The van der Waals surface area contributed by atoms with E-state index in [0.29, 0.717) is 30.7 Å². The zero-order valence-corrected chi connectivity index (χ0v) is 19.3. The minimum atomic E-state index is -4.03. The molecule has 1 aromatic rings. The molecule has 1 atom stereocenters. The first-order valence-electron chi connectivity index (χ1n) is 10.7. The molecule has 0 saturated heterocycles. The fourth-order valence-corrected chi connectivity index (χ4v) is 5.40. The number of hydrogen-bond donors (Lipinski definition) is 1. The lowest BCUT2D eigenvalue weighted by Gasteiger charge is -2.28. The Balaban J connectivity index is 1.68. The summed E-state index contributed by atoms with van der Waals surface area (Å²) in [4.78, 5) is 27.5. The van der Waals surface area contributed by atoms with Crippen LogP contribution in [0.4, 0.5) is 9.18 Å². The third-order valence-corrected chi connectivity index (χ3v) is 7.50. The molecule has 10 nitrogen and oxygen atoms in total. The predicted molar refractivity (Wildman–Crippen MR) is 116 cm³/mol. The molecule has 0 radical (unpaired) electrons. The number of imide groups is 1. The van der Waals surface area contributed by atoms with E-state index in [1.54, 1.807) is 24.1 Å². The molecule has 33 heavy (non-hydrogen) atoms. The summed E-state index contributed by atoms with van der Waals surface area (Å²) in [5, 5.41) is 4.07. The summed E-state index contributed by atoms with van der Waals surface area (Å²) in [5.41, 5.74) is -0.00602. The number of halogens is 1. The van der Waals surface area contributed by atoms with Crippen LogP contribution in [0, 0.1) is 5.92 Å². The van der Waals surface area contributed by atoms with Crippen molar-refractivity contribution < 1.29 is 31.7 Å². The van der Waals surface area contributed by atoms with E-state index in [0.717, 1.165) is 4.90 Å². The van der Waals surface area contributed by atoms with Crippen molar-refractivity contribution in [2.24, 2.45) is 13.0 Å². The summed E-state index contributed by atoms with van der Waals surface area (Å²) in [6.07, 6.45) is 8.26. The lowest BCUT2D eigenvalue weighted by atomic mass is 9.94. The van der Waals surface area contributed by atoms with Crippen LogP contribution in [0.15, 0.2) is 35.5 Å². The summed E-state index contributed by atoms with van der Waals surface area (Å²) < 4.78 is 49.8. The van der Waals surface area contributed by atoms with Crippen molar-refractivity contribution in [3.05, 3.63) is 41.1 Å². The van der Waals surface area contributed by atoms with Gasteiger partial charge in [0.2, 0.25) is 10.0 Å². The number of rotatable bonds is 10. The van der Waals surface area contributed by atoms with Crippen LogP contribution in [0.1, 0.15) is 25.3 Å². The van der Waals surface area contributed by atoms with Crippen LogP contribution < -0.4 is 4.72 Å². The molecule has 1 N–H and O–H groups in total. The fraction of sp³-hybridized carbons (Fsp3) is 0.524. The second-order valence-electron chi connectivity index (χ2n) is 8.40. The topological polar surface area (TPSA) is 114 Å². The van der Waals surface area contributed by atoms with Crippen LogP contribution in [0.25, 0.3) is 0 Å². The molecule has 4 rings (SSSR count). The molecule has 178 valence electrons. The largest absolute Gasteiger partial charge is 0.501 e. The Morgan fingerprint density at radius 3 is 2.70 bits per heavy atom. The van der Waals surface area contributed by atoms with Crippen molar-refractivity contribution in [1.82, 2.24) is 19.4 Å². The molecule has 1 aromatic heterocycles. The number of amides is 3.